The summed E-state index contributed by atoms with van der Waals surface area (Å²) in [5, 5.41) is 11.0. The normalized spacial score (nSPS) is 16.7. The van der Waals surface area contributed by atoms with Crippen LogP contribution in [-0.2, 0) is 6.54 Å². The highest BCUT2D eigenvalue weighted by molar-refractivity contribution is 4.75. The summed E-state index contributed by atoms with van der Waals surface area (Å²) in [4.78, 5) is 0. The van der Waals surface area contributed by atoms with Crippen LogP contribution in [-0.4, -0.2) is 28.1 Å². The van der Waals surface area contributed by atoms with Gasteiger partial charge in [0.15, 0.2) is 0 Å². The van der Waals surface area contributed by atoms with Gasteiger partial charge in [-0.3, -0.25) is 4.68 Å². The molecule has 1 aliphatic carbocycles. The van der Waals surface area contributed by atoms with Crippen molar-refractivity contribution >= 4 is 0 Å². The minimum atomic E-state index is 0.923. The van der Waals surface area contributed by atoms with Crippen LogP contribution in [0.3, 0.4) is 0 Å². The van der Waals surface area contributed by atoms with Crippen LogP contribution in [0.15, 0.2) is 12.4 Å². The molecule has 66 valence electrons. The second-order valence-corrected chi connectivity index (χ2v) is 3.31. The van der Waals surface area contributed by atoms with Gasteiger partial charge in [-0.25, -0.2) is 0 Å². The van der Waals surface area contributed by atoms with Crippen LogP contribution in [0.5, 0.6) is 0 Å². The Morgan fingerprint density at radius 2 is 2.42 bits per heavy atom. The summed E-state index contributed by atoms with van der Waals surface area (Å²) < 4.78 is 1.85. The van der Waals surface area contributed by atoms with Gasteiger partial charge in [0.2, 0.25) is 0 Å². The molecule has 0 saturated heterocycles. The fourth-order valence-corrected chi connectivity index (χ4v) is 1.17. The van der Waals surface area contributed by atoms with Crippen molar-refractivity contribution in [2.24, 2.45) is 5.92 Å². The van der Waals surface area contributed by atoms with Crippen LogP contribution in [0.25, 0.3) is 0 Å². The molecule has 0 bridgehead atoms. The third-order valence-electron chi connectivity index (χ3n) is 2.12. The zero-order valence-corrected chi connectivity index (χ0v) is 7.11. The molecule has 1 aromatic heterocycles. The molecule has 0 spiro atoms. The molecule has 0 aliphatic heterocycles. The highest BCUT2D eigenvalue weighted by Gasteiger charge is 2.19. The third-order valence-corrected chi connectivity index (χ3v) is 2.12. The Morgan fingerprint density at radius 1 is 1.50 bits per heavy atom. The Hall–Kier alpha value is -0.900. The van der Waals surface area contributed by atoms with E-state index in [-0.39, 0.29) is 0 Å². The smallest absolute Gasteiger partial charge is 0.0692 e. The standard InChI is InChI=1S/C8H14N4/c1-2-8(1)7-9-3-5-12-6-4-10-11-12/h4,6,8-9H,1-3,5,7H2. The van der Waals surface area contributed by atoms with Gasteiger partial charge in [-0.05, 0) is 25.3 Å². The highest BCUT2D eigenvalue weighted by atomic mass is 15.4. The minimum absolute atomic E-state index is 0.923. The van der Waals surface area contributed by atoms with Gasteiger partial charge in [-0.2, -0.15) is 0 Å². The van der Waals surface area contributed by atoms with Crippen LogP contribution < -0.4 is 5.32 Å². The van der Waals surface area contributed by atoms with Crippen molar-refractivity contribution in [2.45, 2.75) is 19.4 Å². The average Bonchev–Trinajstić information content (AvgIpc) is 2.76. The second kappa shape index (κ2) is 3.67. The van der Waals surface area contributed by atoms with E-state index in [4.69, 9.17) is 0 Å². The maximum absolute atomic E-state index is 3.88. The molecule has 4 heteroatoms. The Labute approximate surface area is 72.0 Å². The summed E-state index contributed by atoms with van der Waals surface area (Å²) in [5.74, 6) is 0.959. The van der Waals surface area contributed by atoms with E-state index >= 15 is 0 Å². The molecule has 1 heterocycles. The van der Waals surface area contributed by atoms with Crippen LogP contribution >= 0.6 is 0 Å². The average molecular weight is 166 g/mol. The number of hydrogen-bond donors (Lipinski definition) is 1. The lowest BCUT2D eigenvalue weighted by Gasteiger charge is -2.02. The maximum Gasteiger partial charge on any atom is 0.0692 e. The maximum atomic E-state index is 3.88. The van der Waals surface area contributed by atoms with Gasteiger partial charge >= 0.3 is 0 Å². The van der Waals surface area contributed by atoms with Crippen LogP contribution in [0.1, 0.15) is 12.8 Å². The van der Waals surface area contributed by atoms with Crippen molar-refractivity contribution < 1.29 is 0 Å². The van der Waals surface area contributed by atoms with Crippen molar-refractivity contribution in [3.05, 3.63) is 12.4 Å². The highest BCUT2D eigenvalue weighted by Crippen LogP contribution is 2.27. The van der Waals surface area contributed by atoms with Gasteiger partial charge in [0.05, 0.1) is 12.7 Å². The van der Waals surface area contributed by atoms with E-state index in [9.17, 15) is 0 Å². The molecule has 1 aromatic rings. The SMILES string of the molecule is c1cn(CCNCC2CC2)nn1. The molecule has 0 amide bonds. The first kappa shape index (κ1) is 7.73. The molecule has 4 nitrogen and oxygen atoms in total. The Balaban J connectivity index is 1.56. The zero-order valence-electron chi connectivity index (χ0n) is 7.11. The van der Waals surface area contributed by atoms with E-state index in [2.05, 4.69) is 15.6 Å². The summed E-state index contributed by atoms with van der Waals surface area (Å²) >= 11 is 0. The molecule has 2 rings (SSSR count). The minimum Gasteiger partial charge on any atom is -0.315 e. The van der Waals surface area contributed by atoms with Crippen molar-refractivity contribution in [1.82, 2.24) is 20.3 Å². The van der Waals surface area contributed by atoms with Crippen molar-refractivity contribution in [3.8, 4) is 0 Å². The molecule has 0 unspecified atom stereocenters. The molecule has 0 radical (unpaired) electrons. The summed E-state index contributed by atoms with van der Waals surface area (Å²) in [7, 11) is 0. The molecule has 0 atom stereocenters. The molecule has 1 saturated carbocycles. The molecule has 1 N–H and O–H groups in total. The Bertz CT molecular complexity index is 215. The number of hydrogen-bond acceptors (Lipinski definition) is 3. The fraction of sp³-hybridized carbons (Fsp3) is 0.750. The van der Waals surface area contributed by atoms with E-state index in [0.717, 1.165) is 19.0 Å². The molecular formula is C8H14N4. The lowest BCUT2D eigenvalue weighted by Crippen LogP contribution is -2.22. The first-order valence-electron chi connectivity index (χ1n) is 4.50. The van der Waals surface area contributed by atoms with Crippen LogP contribution in [0.4, 0.5) is 0 Å². The predicted molar refractivity (Wildman–Crippen MR) is 45.6 cm³/mol. The quantitative estimate of drug-likeness (QED) is 0.639. The summed E-state index contributed by atoms with van der Waals surface area (Å²) in [5.41, 5.74) is 0. The van der Waals surface area contributed by atoms with Gasteiger partial charge in [0.1, 0.15) is 0 Å². The number of rotatable bonds is 5. The van der Waals surface area contributed by atoms with E-state index in [0.29, 0.717) is 0 Å². The Morgan fingerprint density at radius 3 is 3.08 bits per heavy atom. The van der Waals surface area contributed by atoms with Crippen LogP contribution in [0.2, 0.25) is 0 Å². The van der Waals surface area contributed by atoms with Gasteiger partial charge in [0, 0.05) is 12.7 Å². The number of aromatic nitrogens is 3. The van der Waals surface area contributed by atoms with Gasteiger partial charge in [0.25, 0.3) is 0 Å². The first-order chi connectivity index (χ1) is 5.95. The fourth-order valence-electron chi connectivity index (χ4n) is 1.17. The topological polar surface area (TPSA) is 42.7 Å². The molecule has 12 heavy (non-hydrogen) atoms. The third kappa shape index (κ3) is 2.30. The van der Waals surface area contributed by atoms with Crippen molar-refractivity contribution in [2.75, 3.05) is 13.1 Å². The predicted octanol–water partition coefficient (Wildman–Crippen LogP) is 0.278. The first-order valence-corrected chi connectivity index (χ1v) is 4.50. The lowest BCUT2D eigenvalue weighted by molar-refractivity contribution is 0.530. The Kier molecular flexibility index (Phi) is 2.36. The van der Waals surface area contributed by atoms with Gasteiger partial charge < -0.3 is 5.32 Å². The second-order valence-electron chi connectivity index (χ2n) is 3.31. The lowest BCUT2D eigenvalue weighted by atomic mass is 10.4. The van der Waals surface area contributed by atoms with Gasteiger partial charge in [-0.1, -0.05) is 5.21 Å². The summed E-state index contributed by atoms with van der Waals surface area (Å²) in [6, 6.07) is 0. The van der Waals surface area contributed by atoms with E-state index < -0.39 is 0 Å². The molecule has 1 fully saturated rings. The van der Waals surface area contributed by atoms with E-state index in [1.165, 1.54) is 19.4 Å². The van der Waals surface area contributed by atoms with Crippen molar-refractivity contribution in [3.63, 3.8) is 0 Å². The largest absolute Gasteiger partial charge is 0.315 e. The summed E-state index contributed by atoms with van der Waals surface area (Å²) in [6.07, 6.45) is 6.42. The molecular weight excluding hydrogens is 152 g/mol. The van der Waals surface area contributed by atoms with Crippen LogP contribution in [0, 0.1) is 5.92 Å². The van der Waals surface area contributed by atoms with E-state index in [1.807, 2.05) is 10.9 Å². The summed E-state index contributed by atoms with van der Waals surface area (Å²) in [6.45, 7) is 3.10. The zero-order chi connectivity index (χ0) is 8.23. The van der Waals surface area contributed by atoms with Gasteiger partial charge in [-0.15, -0.1) is 5.10 Å². The number of nitrogens with zero attached hydrogens (tertiary/aromatic N) is 3. The molecule has 0 aromatic carbocycles. The number of nitrogens with one attached hydrogen (secondary N) is 1. The van der Waals surface area contributed by atoms with Crippen molar-refractivity contribution in [1.29, 1.82) is 0 Å². The monoisotopic (exact) mass is 166 g/mol. The van der Waals surface area contributed by atoms with E-state index in [1.54, 1.807) is 6.20 Å². The molecule has 1 aliphatic rings.